The number of rotatable bonds is 4. The Bertz CT molecular complexity index is 1020. The van der Waals surface area contributed by atoms with Crippen LogP contribution in [-0.4, -0.2) is 37.7 Å². The number of ketones is 1. The molecule has 1 atom stereocenters. The van der Waals surface area contributed by atoms with Crippen LogP contribution in [-0.2, 0) is 0 Å². The molecule has 1 aliphatic carbocycles. The van der Waals surface area contributed by atoms with Gasteiger partial charge in [-0.25, -0.2) is 13.9 Å². The minimum Gasteiger partial charge on any atom is -0.375 e. The van der Waals surface area contributed by atoms with Gasteiger partial charge in [-0.3, -0.25) is 4.79 Å². The number of fused-ring (bicyclic) bond motifs is 1. The third-order valence-corrected chi connectivity index (χ3v) is 6.10. The Balaban J connectivity index is 1.74. The number of nitrogens with zero attached hydrogens (tertiary/aromatic N) is 4. The molecule has 1 unspecified atom stereocenters. The topological polar surface area (TPSA) is 51.0 Å². The molecule has 29 heavy (non-hydrogen) atoms. The lowest BCUT2D eigenvalue weighted by Crippen LogP contribution is -2.21. The number of hydrogen-bond donors (Lipinski definition) is 0. The first-order chi connectivity index (χ1) is 13.8. The van der Waals surface area contributed by atoms with Gasteiger partial charge in [-0.1, -0.05) is 33.8 Å². The van der Waals surface area contributed by atoms with E-state index in [9.17, 15) is 8.68 Å². The van der Waals surface area contributed by atoms with Gasteiger partial charge in [0.2, 0.25) is 0 Å². The molecule has 5 nitrogen and oxygen atoms in total. The van der Waals surface area contributed by atoms with Crippen LogP contribution in [0.15, 0.2) is 30.2 Å². The molecule has 4 rings (SSSR count). The third kappa shape index (κ3) is 3.84. The van der Waals surface area contributed by atoms with Crippen molar-refractivity contribution in [2.24, 2.45) is 11.3 Å². The SMILES string of the molecule is CC1CCN(C2=CC(c3cnc4c(n3)c(C(=O)C(C)(C)C)cn4SF)=CCC2)C1. The van der Waals surface area contributed by atoms with E-state index in [0.717, 1.165) is 43.1 Å². The number of Topliss-reactive ketones (excluding diaryl/α,β-unsaturated/α-hetero) is 1. The molecule has 2 aliphatic rings. The minimum atomic E-state index is -0.582. The number of allylic oxidation sites excluding steroid dienone is 4. The second-order valence-electron chi connectivity index (χ2n) is 9.12. The van der Waals surface area contributed by atoms with Gasteiger partial charge in [-0.05, 0) is 36.8 Å². The molecule has 0 spiro atoms. The fraction of sp³-hybridized carbons (Fsp3) is 0.500. The second-order valence-corrected chi connectivity index (χ2v) is 9.65. The van der Waals surface area contributed by atoms with Crippen molar-refractivity contribution < 1.29 is 8.68 Å². The van der Waals surface area contributed by atoms with E-state index >= 15 is 0 Å². The first-order valence-electron chi connectivity index (χ1n) is 10.2. The molecular formula is C22H27FN4OS. The van der Waals surface area contributed by atoms with Crippen molar-refractivity contribution in [2.75, 3.05) is 13.1 Å². The summed E-state index contributed by atoms with van der Waals surface area (Å²) in [6.45, 7) is 10.1. The molecule has 0 amide bonds. The Labute approximate surface area is 175 Å². The summed E-state index contributed by atoms with van der Waals surface area (Å²) in [7, 11) is 0. The molecule has 0 saturated carbocycles. The fourth-order valence-electron chi connectivity index (χ4n) is 4.04. The summed E-state index contributed by atoms with van der Waals surface area (Å²) in [6, 6.07) is 0. The summed E-state index contributed by atoms with van der Waals surface area (Å²) in [5.74, 6) is 0.659. The molecule has 0 bridgehead atoms. The third-order valence-electron chi connectivity index (χ3n) is 5.68. The lowest BCUT2D eigenvalue weighted by molar-refractivity contribution is 0.0860. The number of carbonyl (C=O) groups excluding carboxylic acids is 1. The van der Waals surface area contributed by atoms with Crippen LogP contribution in [0.4, 0.5) is 3.89 Å². The quantitative estimate of drug-likeness (QED) is 0.623. The highest BCUT2D eigenvalue weighted by atomic mass is 32.2. The zero-order chi connectivity index (χ0) is 20.8. The van der Waals surface area contributed by atoms with Crippen LogP contribution in [0.25, 0.3) is 16.7 Å². The highest BCUT2D eigenvalue weighted by molar-refractivity contribution is 7.92. The van der Waals surface area contributed by atoms with Crippen LogP contribution in [0, 0.1) is 11.3 Å². The highest BCUT2D eigenvalue weighted by Crippen LogP contribution is 2.33. The maximum atomic E-state index is 13.4. The van der Waals surface area contributed by atoms with E-state index < -0.39 is 5.41 Å². The van der Waals surface area contributed by atoms with Crippen LogP contribution in [0.3, 0.4) is 0 Å². The van der Waals surface area contributed by atoms with E-state index in [1.165, 1.54) is 22.3 Å². The summed E-state index contributed by atoms with van der Waals surface area (Å²) >= 11 is 0.0347. The Hall–Kier alpha value is -2.15. The van der Waals surface area contributed by atoms with Crippen LogP contribution >= 0.6 is 12.3 Å². The lowest BCUT2D eigenvalue weighted by Gasteiger charge is -2.24. The van der Waals surface area contributed by atoms with Crippen LogP contribution in [0.5, 0.6) is 0 Å². The van der Waals surface area contributed by atoms with Gasteiger partial charge in [0.05, 0.1) is 17.5 Å². The van der Waals surface area contributed by atoms with Gasteiger partial charge >= 0.3 is 0 Å². The van der Waals surface area contributed by atoms with Crippen molar-refractivity contribution in [3.63, 3.8) is 0 Å². The number of carbonyl (C=O) groups is 1. The van der Waals surface area contributed by atoms with Crippen molar-refractivity contribution in [3.8, 4) is 0 Å². The fourth-order valence-corrected chi connectivity index (χ4v) is 4.38. The van der Waals surface area contributed by atoms with Gasteiger partial charge in [0.1, 0.15) is 5.52 Å². The number of aromatic nitrogens is 3. The Kier molecular flexibility index (Phi) is 5.27. The normalized spacial score (nSPS) is 20.2. The molecule has 7 heteroatoms. The zero-order valence-electron chi connectivity index (χ0n) is 17.4. The molecule has 1 fully saturated rings. The molecule has 0 aromatic carbocycles. The van der Waals surface area contributed by atoms with E-state index in [-0.39, 0.29) is 18.1 Å². The number of hydrogen-bond acceptors (Lipinski definition) is 5. The standard InChI is InChI=1S/C22H27FN4OS/c1-14-8-9-26(12-14)16-7-5-6-15(10-16)18-11-24-21-19(25-18)17(13-27(21)29-23)20(28)22(2,3)4/h6,10-11,13-14H,5,7-9,12H2,1-4H3. The monoisotopic (exact) mass is 414 g/mol. The van der Waals surface area contributed by atoms with Crippen LogP contribution < -0.4 is 0 Å². The Morgan fingerprint density at radius 3 is 2.79 bits per heavy atom. The molecule has 2 aromatic heterocycles. The van der Waals surface area contributed by atoms with Gasteiger partial charge in [0.15, 0.2) is 23.8 Å². The Morgan fingerprint density at radius 2 is 2.14 bits per heavy atom. The molecule has 0 N–H and O–H groups in total. The summed E-state index contributed by atoms with van der Waals surface area (Å²) in [5, 5.41) is 0. The average molecular weight is 415 g/mol. The summed E-state index contributed by atoms with van der Waals surface area (Å²) in [6.07, 6.45) is 10.8. The van der Waals surface area contributed by atoms with E-state index in [0.29, 0.717) is 16.7 Å². The van der Waals surface area contributed by atoms with E-state index in [1.54, 1.807) is 6.20 Å². The van der Waals surface area contributed by atoms with E-state index in [4.69, 9.17) is 4.98 Å². The summed E-state index contributed by atoms with van der Waals surface area (Å²) in [4.78, 5) is 24.6. The van der Waals surface area contributed by atoms with Crippen molar-refractivity contribution in [3.05, 3.63) is 41.5 Å². The average Bonchev–Trinajstić information content (AvgIpc) is 3.30. The van der Waals surface area contributed by atoms with Gasteiger partial charge < -0.3 is 4.90 Å². The maximum Gasteiger partial charge on any atom is 0.172 e. The lowest BCUT2D eigenvalue weighted by atomic mass is 9.87. The molecule has 2 aromatic rings. The number of likely N-dealkylation sites (tertiary alicyclic amines) is 1. The predicted molar refractivity (Wildman–Crippen MR) is 116 cm³/mol. The molecule has 0 radical (unpaired) electrons. The van der Waals surface area contributed by atoms with Crippen molar-refractivity contribution in [2.45, 2.75) is 47.0 Å². The van der Waals surface area contributed by atoms with Gasteiger partial charge in [-0.15, -0.1) is 3.89 Å². The van der Waals surface area contributed by atoms with Gasteiger partial charge in [-0.2, -0.15) is 0 Å². The summed E-state index contributed by atoms with van der Waals surface area (Å²) < 4.78 is 14.7. The first kappa shape index (κ1) is 20.1. The molecule has 1 aliphatic heterocycles. The molecule has 3 heterocycles. The van der Waals surface area contributed by atoms with Crippen molar-refractivity contribution >= 4 is 34.9 Å². The Morgan fingerprint density at radius 1 is 1.34 bits per heavy atom. The zero-order valence-corrected chi connectivity index (χ0v) is 18.2. The van der Waals surface area contributed by atoms with E-state index in [1.807, 2.05) is 20.8 Å². The highest BCUT2D eigenvalue weighted by Gasteiger charge is 2.28. The minimum absolute atomic E-state index is 0.0347. The molecular weight excluding hydrogens is 387 g/mol. The number of halogens is 1. The van der Waals surface area contributed by atoms with Crippen molar-refractivity contribution in [1.29, 1.82) is 0 Å². The largest absolute Gasteiger partial charge is 0.375 e. The first-order valence-corrected chi connectivity index (χ1v) is 10.8. The van der Waals surface area contributed by atoms with Crippen LogP contribution in [0.1, 0.15) is 63.0 Å². The van der Waals surface area contributed by atoms with Gasteiger partial charge in [0, 0.05) is 30.4 Å². The van der Waals surface area contributed by atoms with Crippen molar-refractivity contribution in [1.82, 2.24) is 18.8 Å². The van der Waals surface area contributed by atoms with Crippen LogP contribution in [0.2, 0.25) is 0 Å². The predicted octanol–water partition coefficient (Wildman–Crippen LogP) is 5.44. The smallest absolute Gasteiger partial charge is 0.172 e. The molecule has 1 saturated heterocycles. The molecule has 154 valence electrons. The summed E-state index contributed by atoms with van der Waals surface area (Å²) in [5.41, 5.74) is 3.77. The van der Waals surface area contributed by atoms with E-state index in [2.05, 4.69) is 29.0 Å². The maximum absolute atomic E-state index is 13.4. The van der Waals surface area contributed by atoms with Gasteiger partial charge in [0.25, 0.3) is 0 Å². The second kappa shape index (κ2) is 7.59.